The maximum atomic E-state index is 9.62. The van der Waals surface area contributed by atoms with Crippen LogP contribution in [0.1, 0.15) is 35.9 Å². The SMILES string of the molecule is Cc1nc(C2CCCC2O)cs1. The summed E-state index contributed by atoms with van der Waals surface area (Å²) < 4.78 is 0. The molecule has 0 aromatic carbocycles. The van der Waals surface area contributed by atoms with Gasteiger partial charge in [0, 0.05) is 11.3 Å². The molecule has 1 aliphatic carbocycles. The lowest BCUT2D eigenvalue weighted by atomic mass is 10.0. The number of hydrogen-bond acceptors (Lipinski definition) is 3. The quantitative estimate of drug-likeness (QED) is 0.723. The van der Waals surface area contributed by atoms with Crippen LogP contribution < -0.4 is 0 Å². The van der Waals surface area contributed by atoms with Crippen LogP contribution in [0.5, 0.6) is 0 Å². The highest BCUT2D eigenvalue weighted by molar-refractivity contribution is 7.09. The summed E-state index contributed by atoms with van der Waals surface area (Å²) in [6.45, 7) is 2.01. The monoisotopic (exact) mass is 183 g/mol. The van der Waals surface area contributed by atoms with Crippen molar-refractivity contribution < 1.29 is 5.11 Å². The number of aliphatic hydroxyl groups is 1. The minimum absolute atomic E-state index is 0.147. The third-order valence-electron chi connectivity index (χ3n) is 2.50. The largest absolute Gasteiger partial charge is 0.392 e. The Hall–Kier alpha value is -0.410. The first-order valence-electron chi connectivity index (χ1n) is 4.37. The molecule has 0 aliphatic heterocycles. The number of aliphatic hydroxyl groups excluding tert-OH is 1. The van der Waals surface area contributed by atoms with Crippen LogP contribution in [0, 0.1) is 6.92 Å². The van der Waals surface area contributed by atoms with E-state index < -0.39 is 0 Å². The molecule has 66 valence electrons. The van der Waals surface area contributed by atoms with E-state index in [0.717, 1.165) is 30.0 Å². The summed E-state index contributed by atoms with van der Waals surface area (Å²) >= 11 is 1.67. The second-order valence-corrected chi connectivity index (χ2v) is 4.46. The van der Waals surface area contributed by atoms with Crippen LogP contribution in [0.15, 0.2) is 5.38 Å². The van der Waals surface area contributed by atoms with Gasteiger partial charge in [-0.3, -0.25) is 0 Å². The summed E-state index contributed by atoms with van der Waals surface area (Å²) in [5, 5.41) is 12.8. The molecule has 1 aromatic rings. The predicted octanol–water partition coefficient (Wildman–Crippen LogP) is 2.08. The fraction of sp³-hybridized carbons (Fsp3) is 0.667. The third-order valence-corrected chi connectivity index (χ3v) is 3.29. The van der Waals surface area contributed by atoms with Gasteiger partial charge in [-0.15, -0.1) is 11.3 Å². The van der Waals surface area contributed by atoms with E-state index in [0.29, 0.717) is 5.92 Å². The fourth-order valence-electron chi connectivity index (χ4n) is 1.84. The molecule has 0 amide bonds. The van der Waals surface area contributed by atoms with Gasteiger partial charge in [-0.1, -0.05) is 6.42 Å². The predicted molar refractivity (Wildman–Crippen MR) is 49.4 cm³/mol. The molecule has 0 spiro atoms. The normalized spacial score (nSPS) is 29.5. The molecule has 1 N–H and O–H groups in total. The topological polar surface area (TPSA) is 33.1 Å². The van der Waals surface area contributed by atoms with E-state index in [1.165, 1.54) is 0 Å². The molecule has 0 radical (unpaired) electrons. The van der Waals surface area contributed by atoms with Gasteiger partial charge in [0.05, 0.1) is 16.8 Å². The molecular weight excluding hydrogens is 170 g/mol. The van der Waals surface area contributed by atoms with Crippen molar-refractivity contribution in [3.8, 4) is 0 Å². The Kier molecular flexibility index (Phi) is 2.15. The van der Waals surface area contributed by atoms with Crippen molar-refractivity contribution in [3.05, 3.63) is 16.1 Å². The smallest absolute Gasteiger partial charge is 0.0897 e. The summed E-state index contributed by atoms with van der Waals surface area (Å²) in [7, 11) is 0. The lowest BCUT2D eigenvalue weighted by molar-refractivity contribution is 0.162. The van der Waals surface area contributed by atoms with Crippen LogP contribution in [0.25, 0.3) is 0 Å². The van der Waals surface area contributed by atoms with Crippen LogP contribution in [-0.2, 0) is 0 Å². The van der Waals surface area contributed by atoms with Crippen molar-refractivity contribution in [1.82, 2.24) is 4.98 Å². The van der Waals surface area contributed by atoms with Gasteiger partial charge >= 0.3 is 0 Å². The van der Waals surface area contributed by atoms with Crippen LogP contribution in [0.3, 0.4) is 0 Å². The lowest BCUT2D eigenvalue weighted by Crippen LogP contribution is -2.11. The molecule has 0 bridgehead atoms. The molecule has 1 saturated carbocycles. The number of hydrogen-bond donors (Lipinski definition) is 1. The summed E-state index contributed by atoms with van der Waals surface area (Å²) in [6.07, 6.45) is 3.04. The van der Waals surface area contributed by atoms with Crippen LogP contribution in [-0.4, -0.2) is 16.2 Å². The van der Waals surface area contributed by atoms with Gasteiger partial charge in [-0.05, 0) is 19.8 Å². The zero-order chi connectivity index (χ0) is 8.55. The van der Waals surface area contributed by atoms with E-state index in [4.69, 9.17) is 0 Å². The van der Waals surface area contributed by atoms with Crippen molar-refractivity contribution in [2.24, 2.45) is 0 Å². The number of aromatic nitrogens is 1. The zero-order valence-electron chi connectivity index (χ0n) is 7.16. The standard InChI is InChI=1S/C9H13NOS/c1-6-10-8(5-12-6)7-3-2-4-9(7)11/h5,7,9,11H,2-4H2,1H3. The average molecular weight is 183 g/mol. The fourth-order valence-corrected chi connectivity index (χ4v) is 2.51. The van der Waals surface area contributed by atoms with E-state index in [2.05, 4.69) is 10.4 Å². The molecule has 1 fully saturated rings. The minimum Gasteiger partial charge on any atom is -0.392 e. The zero-order valence-corrected chi connectivity index (χ0v) is 7.97. The number of aryl methyl sites for hydroxylation is 1. The van der Waals surface area contributed by atoms with Gasteiger partial charge in [-0.2, -0.15) is 0 Å². The Morgan fingerprint density at radius 3 is 2.92 bits per heavy atom. The highest BCUT2D eigenvalue weighted by atomic mass is 32.1. The summed E-state index contributed by atoms with van der Waals surface area (Å²) in [5.74, 6) is 0.315. The van der Waals surface area contributed by atoms with Gasteiger partial charge in [-0.25, -0.2) is 4.98 Å². The van der Waals surface area contributed by atoms with Crippen molar-refractivity contribution in [3.63, 3.8) is 0 Å². The van der Waals surface area contributed by atoms with E-state index in [9.17, 15) is 5.11 Å². The molecule has 2 atom stereocenters. The first kappa shape index (κ1) is 8.20. The highest BCUT2D eigenvalue weighted by Crippen LogP contribution is 2.34. The molecule has 3 heteroatoms. The third kappa shape index (κ3) is 1.39. The maximum absolute atomic E-state index is 9.62. The Labute approximate surface area is 76.3 Å². The Bertz CT molecular complexity index is 271. The van der Waals surface area contributed by atoms with Crippen molar-refractivity contribution in [1.29, 1.82) is 0 Å². The molecule has 2 unspecified atom stereocenters. The second kappa shape index (κ2) is 3.15. The number of rotatable bonds is 1. The van der Waals surface area contributed by atoms with Crippen LogP contribution >= 0.6 is 11.3 Å². The van der Waals surface area contributed by atoms with Gasteiger partial charge < -0.3 is 5.11 Å². The summed E-state index contributed by atoms with van der Waals surface area (Å²) in [4.78, 5) is 4.40. The van der Waals surface area contributed by atoms with Gasteiger partial charge in [0.2, 0.25) is 0 Å². The molecular formula is C9H13NOS. The maximum Gasteiger partial charge on any atom is 0.0897 e. The van der Waals surface area contributed by atoms with Crippen molar-refractivity contribution in [2.75, 3.05) is 0 Å². The first-order chi connectivity index (χ1) is 5.77. The summed E-state index contributed by atoms with van der Waals surface area (Å²) in [5.41, 5.74) is 1.10. The van der Waals surface area contributed by atoms with Crippen LogP contribution in [0.2, 0.25) is 0 Å². The average Bonchev–Trinajstić information content (AvgIpc) is 2.58. The molecule has 1 aromatic heterocycles. The first-order valence-corrected chi connectivity index (χ1v) is 5.25. The van der Waals surface area contributed by atoms with E-state index in [1.54, 1.807) is 11.3 Å². The van der Waals surface area contributed by atoms with Crippen molar-refractivity contribution >= 4 is 11.3 Å². The van der Waals surface area contributed by atoms with Gasteiger partial charge in [0.25, 0.3) is 0 Å². The van der Waals surface area contributed by atoms with E-state index in [-0.39, 0.29) is 6.10 Å². The van der Waals surface area contributed by atoms with Crippen LogP contribution in [0.4, 0.5) is 0 Å². The molecule has 1 heterocycles. The Morgan fingerprint density at radius 1 is 1.58 bits per heavy atom. The van der Waals surface area contributed by atoms with Gasteiger partial charge in [0.1, 0.15) is 0 Å². The van der Waals surface area contributed by atoms with E-state index >= 15 is 0 Å². The second-order valence-electron chi connectivity index (χ2n) is 3.40. The Morgan fingerprint density at radius 2 is 2.42 bits per heavy atom. The van der Waals surface area contributed by atoms with Crippen molar-refractivity contribution in [2.45, 2.75) is 38.2 Å². The Balaban J connectivity index is 2.19. The number of nitrogens with zero attached hydrogens (tertiary/aromatic N) is 1. The molecule has 0 saturated heterocycles. The lowest BCUT2D eigenvalue weighted by Gasteiger charge is -2.10. The molecule has 2 nitrogen and oxygen atoms in total. The van der Waals surface area contributed by atoms with E-state index in [1.807, 2.05) is 6.92 Å². The highest BCUT2D eigenvalue weighted by Gasteiger charge is 2.28. The molecule has 2 rings (SSSR count). The molecule has 1 aliphatic rings. The molecule has 12 heavy (non-hydrogen) atoms. The summed E-state index contributed by atoms with van der Waals surface area (Å²) in [6, 6.07) is 0. The number of thiazole rings is 1. The van der Waals surface area contributed by atoms with Gasteiger partial charge in [0.15, 0.2) is 0 Å². The minimum atomic E-state index is -0.147.